The van der Waals surface area contributed by atoms with Gasteiger partial charge < -0.3 is 14.4 Å². The third-order valence-electron chi connectivity index (χ3n) is 4.02. The lowest BCUT2D eigenvalue weighted by Gasteiger charge is -2.34. The molecular weight excluding hydrogens is 374 g/mol. The highest BCUT2D eigenvalue weighted by Crippen LogP contribution is 2.21. The first-order valence-electron chi connectivity index (χ1n) is 8.21. The number of amides is 1. The third kappa shape index (κ3) is 5.51. The molecule has 3 atom stereocenters. The molecule has 0 saturated carbocycles. The highest BCUT2D eigenvalue weighted by molar-refractivity contribution is 9.10. The number of esters is 1. The Labute approximate surface area is 151 Å². The first-order chi connectivity index (χ1) is 11.3. The second-order valence-corrected chi connectivity index (χ2v) is 7.48. The van der Waals surface area contributed by atoms with Gasteiger partial charge in [-0.2, -0.15) is 0 Å². The molecular formula is C18H24BrNO4. The summed E-state index contributed by atoms with van der Waals surface area (Å²) in [5, 5.41) is 0. The van der Waals surface area contributed by atoms with Crippen molar-refractivity contribution in [3.05, 3.63) is 28.7 Å². The molecule has 1 aliphatic heterocycles. The summed E-state index contributed by atoms with van der Waals surface area (Å²) in [6, 6.07) is 7.18. The van der Waals surface area contributed by atoms with Gasteiger partial charge in [0, 0.05) is 17.6 Å². The number of hydrogen-bond acceptors (Lipinski definition) is 4. The van der Waals surface area contributed by atoms with Crippen LogP contribution in [0.2, 0.25) is 0 Å². The summed E-state index contributed by atoms with van der Waals surface area (Å²) in [7, 11) is 0. The van der Waals surface area contributed by atoms with E-state index >= 15 is 0 Å². The predicted molar refractivity (Wildman–Crippen MR) is 94.7 cm³/mol. The van der Waals surface area contributed by atoms with E-state index in [9.17, 15) is 9.59 Å². The topological polar surface area (TPSA) is 55.8 Å². The van der Waals surface area contributed by atoms with Crippen LogP contribution in [0.15, 0.2) is 28.7 Å². The molecule has 0 radical (unpaired) electrons. The number of carbonyl (C=O) groups is 2. The molecule has 24 heavy (non-hydrogen) atoms. The number of benzene rings is 1. The summed E-state index contributed by atoms with van der Waals surface area (Å²) in [6.07, 6.45) is 0.361. The van der Waals surface area contributed by atoms with Crippen LogP contribution < -0.4 is 4.74 Å². The van der Waals surface area contributed by atoms with Crippen molar-refractivity contribution < 1.29 is 19.1 Å². The number of ether oxygens (including phenoxy) is 2. The molecule has 1 aromatic rings. The van der Waals surface area contributed by atoms with Crippen LogP contribution in [0.3, 0.4) is 0 Å². The number of nitrogens with zero attached hydrogens (tertiary/aromatic N) is 1. The van der Waals surface area contributed by atoms with Gasteiger partial charge in [-0.1, -0.05) is 29.8 Å². The Morgan fingerprint density at radius 1 is 1.21 bits per heavy atom. The maximum atomic E-state index is 12.2. The number of piperidine rings is 1. The van der Waals surface area contributed by atoms with Crippen LogP contribution >= 0.6 is 15.9 Å². The molecule has 0 bridgehead atoms. The summed E-state index contributed by atoms with van der Waals surface area (Å²) < 4.78 is 11.6. The zero-order chi connectivity index (χ0) is 17.7. The Morgan fingerprint density at radius 3 is 2.38 bits per heavy atom. The lowest BCUT2D eigenvalue weighted by atomic mass is 9.92. The molecule has 1 amide bonds. The Balaban J connectivity index is 1.79. The minimum Gasteiger partial charge on any atom is -0.479 e. The maximum Gasteiger partial charge on any atom is 0.347 e. The Kier molecular flexibility index (Phi) is 6.66. The second-order valence-electron chi connectivity index (χ2n) is 6.57. The fourth-order valence-electron chi connectivity index (χ4n) is 2.97. The zero-order valence-corrected chi connectivity index (χ0v) is 15.9. The fraction of sp³-hybridized carbons (Fsp3) is 0.556. The number of rotatable bonds is 5. The van der Waals surface area contributed by atoms with E-state index in [1.807, 2.05) is 12.1 Å². The van der Waals surface area contributed by atoms with Crippen LogP contribution in [0.5, 0.6) is 5.75 Å². The second kappa shape index (κ2) is 8.51. The van der Waals surface area contributed by atoms with Gasteiger partial charge in [0.15, 0.2) is 12.7 Å². The number of likely N-dealkylation sites (tertiary alicyclic amines) is 1. The normalized spacial score (nSPS) is 21.9. The first kappa shape index (κ1) is 18.8. The molecule has 1 fully saturated rings. The van der Waals surface area contributed by atoms with Crippen molar-refractivity contribution in [2.75, 3.05) is 19.7 Å². The van der Waals surface area contributed by atoms with Crippen LogP contribution in [0.1, 0.15) is 27.2 Å². The average Bonchev–Trinajstić information content (AvgIpc) is 2.53. The molecule has 3 unspecified atom stereocenters. The average molecular weight is 398 g/mol. The van der Waals surface area contributed by atoms with Crippen LogP contribution in [-0.4, -0.2) is 42.6 Å². The Bertz CT molecular complexity index is 565. The Hall–Kier alpha value is -1.56. The monoisotopic (exact) mass is 397 g/mol. The molecule has 1 aromatic carbocycles. The van der Waals surface area contributed by atoms with Crippen LogP contribution in [-0.2, 0) is 14.3 Å². The predicted octanol–water partition coefficient (Wildman–Crippen LogP) is 3.26. The van der Waals surface area contributed by atoms with E-state index in [0.29, 0.717) is 17.6 Å². The summed E-state index contributed by atoms with van der Waals surface area (Å²) in [5.74, 6) is 0.857. The van der Waals surface area contributed by atoms with Crippen molar-refractivity contribution in [3.63, 3.8) is 0 Å². The van der Waals surface area contributed by atoms with Crippen molar-refractivity contribution in [2.45, 2.75) is 33.3 Å². The summed E-state index contributed by atoms with van der Waals surface area (Å²) in [4.78, 5) is 26.0. The van der Waals surface area contributed by atoms with Gasteiger partial charge >= 0.3 is 5.97 Å². The van der Waals surface area contributed by atoms with E-state index < -0.39 is 12.1 Å². The van der Waals surface area contributed by atoms with Gasteiger partial charge in [-0.05, 0) is 49.4 Å². The zero-order valence-electron chi connectivity index (χ0n) is 14.3. The van der Waals surface area contributed by atoms with Crippen molar-refractivity contribution in [2.24, 2.45) is 11.8 Å². The van der Waals surface area contributed by atoms with Gasteiger partial charge in [-0.25, -0.2) is 4.79 Å². The highest BCUT2D eigenvalue weighted by atomic mass is 79.9. The van der Waals surface area contributed by atoms with Gasteiger partial charge in [0.25, 0.3) is 5.91 Å². The number of carbonyl (C=O) groups excluding carboxylic acids is 2. The van der Waals surface area contributed by atoms with Gasteiger partial charge in [0.05, 0.1) is 0 Å². The minimum atomic E-state index is -0.766. The van der Waals surface area contributed by atoms with Crippen molar-refractivity contribution in [3.8, 4) is 5.75 Å². The van der Waals surface area contributed by atoms with Crippen molar-refractivity contribution in [1.82, 2.24) is 4.90 Å². The lowest BCUT2D eigenvalue weighted by Crippen LogP contribution is -2.44. The molecule has 0 aliphatic carbocycles. The van der Waals surface area contributed by atoms with Gasteiger partial charge in [0.1, 0.15) is 5.75 Å². The molecule has 6 heteroatoms. The number of hydrogen-bond donors (Lipinski definition) is 0. The quantitative estimate of drug-likeness (QED) is 0.715. The molecule has 5 nitrogen and oxygen atoms in total. The summed E-state index contributed by atoms with van der Waals surface area (Å²) >= 11 is 3.34. The minimum absolute atomic E-state index is 0.141. The van der Waals surface area contributed by atoms with E-state index in [4.69, 9.17) is 9.47 Å². The largest absolute Gasteiger partial charge is 0.479 e. The van der Waals surface area contributed by atoms with Crippen LogP contribution in [0.4, 0.5) is 0 Å². The van der Waals surface area contributed by atoms with Gasteiger partial charge in [0.2, 0.25) is 0 Å². The standard InChI is InChI=1S/C18H24BrNO4/c1-12-8-13(2)10-20(9-12)17(21)11-23-18(22)14(3)24-16-6-4-15(19)5-7-16/h4-7,12-14H,8-11H2,1-3H3. The van der Waals surface area contributed by atoms with Crippen LogP contribution in [0, 0.1) is 11.8 Å². The fourth-order valence-corrected chi connectivity index (χ4v) is 3.24. The van der Waals surface area contributed by atoms with E-state index in [-0.39, 0.29) is 12.5 Å². The Morgan fingerprint density at radius 2 is 1.79 bits per heavy atom. The van der Waals surface area contributed by atoms with Crippen molar-refractivity contribution >= 4 is 27.8 Å². The van der Waals surface area contributed by atoms with E-state index in [1.165, 1.54) is 0 Å². The number of halogens is 1. The molecule has 0 N–H and O–H groups in total. The summed E-state index contributed by atoms with van der Waals surface area (Å²) in [5.41, 5.74) is 0. The van der Waals surface area contributed by atoms with E-state index in [0.717, 1.165) is 24.0 Å². The highest BCUT2D eigenvalue weighted by Gasteiger charge is 2.26. The van der Waals surface area contributed by atoms with E-state index in [2.05, 4.69) is 29.8 Å². The third-order valence-corrected chi connectivity index (χ3v) is 4.55. The molecule has 2 rings (SSSR count). The molecule has 0 spiro atoms. The molecule has 132 valence electrons. The lowest BCUT2D eigenvalue weighted by molar-refractivity contribution is -0.158. The smallest absolute Gasteiger partial charge is 0.347 e. The van der Waals surface area contributed by atoms with E-state index in [1.54, 1.807) is 24.0 Å². The van der Waals surface area contributed by atoms with Gasteiger partial charge in [-0.3, -0.25) is 4.79 Å². The SMILES string of the molecule is CC1CC(C)CN(C(=O)COC(=O)C(C)Oc2ccc(Br)cc2)C1. The first-order valence-corrected chi connectivity index (χ1v) is 9.01. The molecule has 0 aromatic heterocycles. The summed E-state index contributed by atoms with van der Waals surface area (Å²) in [6.45, 7) is 7.11. The van der Waals surface area contributed by atoms with Crippen LogP contribution in [0.25, 0.3) is 0 Å². The molecule has 1 heterocycles. The van der Waals surface area contributed by atoms with Gasteiger partial charge in [-0.15, -0.1) is 0 Å². The maximum absolute atomic E-state index is 12.2. The molecule has 1 saturated heterocycles. The molecule has 1 aliphatic rings. The van der Waals surface area contributed by atoms with Crippen molar-refractivity contribution in [1.29, 1.82) is 0 Å².